The van der Waals surface area contributed by atoms with Gasteiger partial charge in [0.15, 0.2) is 5.65 Å². The zero-order valence-corrected chi connectivity index (χ0v) is 18.6. The summed E-state index contributed by atoms with van der Waals surface area (Å²) >= 11 is 6.00. The minimum absolute atomic E-state index is 0.0482. The molecule has 5 rings (SSSR count). The van der Waals surface area contributed by atoms with Gasteiger partial charge in [-0.2, -0.15) is 0 Å². The average molecular weight is 480 g/mol. The molecule has 0 aliphatic carbocycles. The van der Waals surface area contributed by atoms with Gasteiger partial charge in [-0.1, -0.05) is 11.6 Å². The fraction of sp³-hybridized carbons (Fsp3) is 0.261. The van der Waals surface area contributed by atoms with Crippen LogP contribution in [0.3, 0.4) is 0 Å². The predicted octanol–water partition coefficient (Wildman–Crippen LogP) is 3.47. The molecule has 1 saturated heterocycles. The molecule has 2 amide bonds. The Kier molecular flexibility index (Phi) is 5.45. The molecule has 11 heteroatoms. The first-order valence-electron chi connectivity index (χ1n) is 10.7. The van der Waals surface area contributed by atoms with Gasteiger partial charge in [0, 0.05) is 43.5 Å². The third-order valence-electron chi connectivity index (χ3n) is 6.16. The van der Waals surface area contributed by atoms with Crippen LogP contribution in [-0.4, -0.2) is 50.5 Å². The smallest absolute Gasteiger partial charge is 0.270 e. The van der Waals surface area contributed by atoms with Crippen molar-refractivity contribution in [3.63, 3.8) is 0 Å². The number of nitro groups is 1. The third kappa shape index (κ3) is 3.86. The fourth-order valence-electron chi connectivity index (χ4n) is 4.41. The molecule has 2 aromatic heterocycles. The molecule has 0 radical (unpaired) electrons. The van der Waals surface area contributed by atoms with Crippen LogP contribution in [0.2, 0.25) is 5.15 Å². The minimum atomic E-state index is -0.711. The molecule has 1 unspecified atom stereocenters. The number of Topliss-reactive ketones (excluding diaryl/α,β-unsaturated/α-hetero) is 1. The van der Waals surface area contributed by atoms with Gasteiger partial charge in [-0.3, -0.25) is 29.4 Å². The number of amides is 2. The molecule has 2 aliphatic rings. The van der Waals surface area contributed by atoms with Crippen molar-refractivity contribution < 1.29 is 19.3 Å². The van der Waals surface area contributed by atoms with Gasteiger partial charge >= 0.3 is 0 Å². The fourth-order valence-corrected chi connectivity index (χ4v) is 4.55. The standard InChI is InChI=1S/C23H18ClN5O5/c24-19-5-1-13-2-6-20(26-22(13)25-19)28-18(12-21(31)27-9-7-15(30)8-10-27)16-4-3-14(29(33)34)11-17(16)23(28)32/h1-6,11,18H,7-10,12H2. The van der Waals surface area contributed by atoms with E-state index >= 15 is 0 Å². The molecule has 2 aliphatic heterocycles. The number of pyridine rings is 2. The highest BCUT2D eigenvalue weighted by Gasteiger charge is 2.41. The van der Waals surface area contributed by atoms with Gasteiger partial charge in [0.25, 0.3) is 11.6 Å². The first-order chi connectivity index (χ1) is 16.3. The normalized spacial score (nSPS) is 17.9. The number of non-ortho nitro benzene ring substituents is 1. The maximum atomic E-state index is 13.4. The monoisotopic (exact) mass is 479 g/mol. The molecule has 1 aromatic carbocycles. The highest BCUT2D eigenvalue weighted by atomic mass is 35.5. The second-order valence-electron chi connectivity index (χ2n) is 8.19. The van der Waals surface area contributed by atoms with Crippen LogP contribution in [0.15, 0.2) is 42.5 Å². The summed E-state index contributed by atoms with van der Waals surface area (Å²) < 4.78 is 0. The first kappa shape index (κ1) is 21.9. The number of hydrogen-bond acceptors (Lipinski definition) is 7. The quantitative estimate of drug-likeness (QED) is 0.318. The lowest BCUT2D eigenvalue weighted by Gasteiger charge is -2.30. The summed E-state index contributed by atoms with van der Waals surface area (Å²) in [6.45, 7) is 0.671. The van der Waals surface area contributed by atoms with E-state index in [2.05, 4.69) is 9.97 Å². The second-order valence-corrected chi connectivity index (χ2v) is 8.58. The Labute approximate surface area is 198 Å². The molecular weight excluding hydrogens is 462 g/mol. The molecule has 1 fully saturated rings. The predicted molar refractivity (Wildman–Crippen MR) is 123 cm³/mol. The third-order valence-corrected chi connectivity index (χ3v) is 6.37. The van der Waals surface area contributed by atoms with Gasteiger partial charge in [-0.15, -0.1) is 0 Å². The van der Waals surface area contributed by atoms with Gasteiger partial charge in [-0.05, 0) is 35.9 Å². The Hall–Kier alpha value is -3.92. The van der Waals surface area contributed by atoms with Crippen LogP contribution >= 0.6 is 11.6 Å². The Morgan fingerprint density at radius 1 is 1.09 bits per heavy atom. The SMILES string of the molecule is O=C1CCN(C(=O)CC2c3ccc([N+](=O)[O-])cc3C(=O)N2c2ccc3ccc(Cl)nc3n2)CC1. The lowest BCUT2D eigenvalue weighted by Crippen LogP contribution is -2.40. The summed E-state index contributed by atoms with van der Waals surface area (Å²) in [6.07, 6.45) is 0.564. The largest absolute Gasteiger partial charge is 0.342 e. The van der Waals surface area contributed by atoms with Gasteiger partial charge in [-0.25, -0.2) is 9.97 Å². The molecule has 172 valence electrons. The number of rotatable bonds is 4. The Morgan fingerprint density at radius 3 is 2.56 bits per heavy atom. The molecule has 0 spiro atoms. The van der Waals surface area contributed by atoms with Gasteiger partial charge in [0.05, 0.1) is 22.9 Å². The van der Waals surface area contributed by atoms with Crippen molar-refractivity contribution >= 4 is 51.7 Å². The molecule has 3 aromatic rings. The highest BCUT2D eigenvalue weighted by Crippen LogP contribution is 2.41. The average Bonchev–Trinajstić information content (AvgIpc) is 3.09. The van der Waals surface area contributed by atoms with Crippen LogP contribution in [0.1, 0.15) is 41.2 Å². The molecular formula is C23H18ClN5O5. The number of anilines is 1. The summed E-state index contributed by atoms with van der Waals surface area (Å²) in [4.78, 5) is 60.5. The lowest BCUT2D eigenvalue weighted by atomic mass is 10.00. The van der Waals surface area contributed by atoms with E-state index in [9.17, 15) is 24.5 Å². The molecule has 0 saturated carbocycles. The highest BCUT2D eigenvalue weighted by molar-refractivity contribution is 6.29. The van der Waals surface area contributed by atoms with E-state index < -0.39 is 16.9 Å². The number of nitrogens with zero attached hydrogens (tertiary/aromatic N) is 5. The number of halogens is 1. The minimum Gasteiger partial charge on any atom is -0.342 e. The van der Waals surface area contributed by atoms with Crippen LogP contribution < -0.4 is 4.90 Å². The van der Waals surface area contributed by atoms with E-state index in [1.165, 1.54) is 23.1 Å². The van der Waals surface area contributed by atoms with Crippen LogP contribution in [0.5, 0.6) is 0 Å². The van der Waals surface area contributed by atoms with Crippen LogP contribution in [0.25, 0.3) is 11.0 Å². The van der Waals surface area contributed by atoms with E-state index in [1.54, 1.807) is 29.2 Å². The number of piperidine rings is 1. The first-order valence-corrected chi connectivity index (χ1v) is 11.0. The van der Waals surface area contributed by atoms with Crippen LogP contribution in [-0.2, 0) is 9.59 Å². The summed E-state index contributed by atoms with van der Waals surface area (Å²) in [6, 6.07) is 10.1. The Morgan fingerprint density at radius 2 is 1.82 bits per heavy atom. The maximum Gasteiger partial charge on any atom is 0.270 e. The summed E-state index contributed by atoms with van der Waals surface area (Å²) in [5.74, 6) is -0.314. The summed E-state index contributed by atoms with van der Waals surface area (Å²) in [7, 11) is 0. The summed E-state index contributed by atoms with van der Waals surface area (Å²) in [5, 5.41) is 12.3. The van der Waals surface area contributed by atoms with Crippen molar-refractivity contribution in [2.24, 2.45) is 0 Å². The second kappa shape index (κ2) is 8.45. The van der Waals surface area contributed by atoms with E-state index in [1.807, 2.05) is 0 Å². The van der Waals surface area contributed by atoms with Crippen molar-refractivity contribution in [1.82, 2.24) is 14.9 Å². The van der Waals surface area contributed by atoms with Crippen molar-refractivity contribution in [3.8, 4) is 0 Å². The van der Waals surface area contributed by atoms with Gasteiger partial charge in [0.1, 0.15) is 16.8 Å². The number of ketones is 1. The number of likely N-dealkylation sites (tertiary alicyclic amines) is 1. The number of aromatic nitrogens is 2. The molecule has 4 heterocycles. The molecule has 0 bridgehead atoms. The van der Waals surface area contributed by atoms with E-state index in [0.717, 1.165) is 5.39 Å². The van der Waals surface area contributed by atoms with E-state index in [0.29, 0.717) is 37.1 Å². The van der Waals surface area contributed by atoms with Crippen molar-refractivity contribution in [2.75, 3.05) is 18.0 Å². The molecule has 34 heavy (non-hydrogen) atoms. The van der Waals surface area contributed by atoms with Gasteiger partial charge < -0.3 is 4.90 Å². The number of benzene rings is 1. The molecule has 1 atom stereocenters. The lowest BCUT2D eigenvalue weighted by molar-refractivity contribution is -0.384. The number of carbonyl (C=O) groups is 3. The number of fused-ring (bicyclic) bond motifs is 2. The van der Waals surface area contributed by atoms with Crippen LogP contribution in [0, 0.1) is 10.1 Å². The van der Waals surface area contributed by atoms with Crippen molar-refractivity contribution in [3.05, 3.63) is 68.9 Å². The Balaban J connectivity index is 1.55. The van der Waals surface area contributed by atoms with Crippen LogP contribution in [0.4, 0.5) is 11.5 Å². The van der Waals surface area contributed by atoms with Crippen molar-refractivity contribution in [1.29, 1.82) is 0 Å². The maximum absolute atomic E-state index is 13.4. The van der Waals surface area contributed by atoms with E-state index in [-0.39, 0.29) is 40.3 Å². The molecule has 10 nitrogen and oxygen atoms in total. The number of nitro benzene ring substituents is 1. The van der Waals surface area contributed by atoms with Crippen molar-refractivity contribution in [2.45, 2.75) is 25.3 Å². The topological polar surface area (TPSA) is 127 Å². The Bertz CT molecular complexity index is 1370. The van der Waals surface area contributed by atoms with Gasteiger partial charge in [0.2, 0.25) is 5.91 Å². The number of carbonyl (C=O) groups excluding carboxylic acids is 3. The molecule has 0 N–H and O–H groups in total. The number of hydrogen-bond donors (Lipinski definition) is 0. The zero-order valence-electron chi connectivity index (χ0n) is 17.8. The summed E-state index contributed by atoms with van der Waals surface area (Å²) in [5.41, 5.74) is 0.785. The zero-order chi connectivity index (χ0) is 24.0. The van der Waals surface area contributed by atoms with E-state index in [4.69, 9.17) is 11.6 Å².